The summed E-state index contributed by atoms with van der Waals surface area (Å²) < 4.78 is 1.83. The van der Waals surface area contributed by atoms with Crippen molar-refractivity contribution in [3.05, 3.63) is 24.4 Å². The lowest BCUT2D eigenvalue weighted by Gasteiger charge is -2.17. The third-order valence-corrected chi connectivity index (χ3v) is 3.59. The molecule has 6 heteroatoms. The number of hydrogen-bond donors (Lipinski definition) is 2. The summed E-state index contributed by atoms with van der Waals surface area (Å²) in [6, 6.07) is 1.64. The van der Waals surface area contributed by atoms with Crippen LogP contribution in [-0.2, 0) is 6.54 Å². The van der Waals surface area contributed by atoms with E-state index in [1.165, 1.54) is 0 Å². The van der Waals surface area contributed by atoms with Crippen LogP contribution in [0.15, 0.2) is 24.4 Å². The molecule has 0 saturated carbocycles. The van der Waals surface area contributed by atoms with Gasteiger partial charge in [0.1, 0.15) is 0 Å². The van der Waals surface area contributed by atoms with Gasteiger partial charge in [0, 0.05) is 25.4 Å². The van der Waals surface area contributed by atoms with Crippen molar-refractivity contribution >= 4 is 11.8 Å². The second kappa shape index (κ2) is 7.83. The molecule has 0 radical (unpaired) electrons. The number of allylic oxidation sites excluding steroid dienone is 2. The lowest BCUT2D eigenvalue weighted by Crippen LogP contribution is -2.33. The molecule has 0 aromatic carbocycles. The van der Waals surface area contributed by atoms with E-state index in [9.17, 15) is 4.79 Å². The molecule has 0 unspecified atom stereocenters. The highest BCUT2D eigenvalue weighted by atomic mass is 16.2. The first kappa shape index (κ1) is 15.6. The molecule has 1 aliphatic carbocycles. The number of amides is 2. The van der Waals surface area contributed by atoms with Crippen molar-refractivity contribution in [1.82, 2.24) is 20.0 Å². The largest absolute Gasteiger partial charge is 0.338 e. The number of likely N-dealkylation sites (N-methyl/N-ethyl adjacent to an activating group) is 1. The molecule has 0 spiro atoms. The molecule has 1 aromatic heterocycles. The van der Waals surface area contributed by atoms with Gasteiger partial charge < -0.3 is 10.2 Å². The summed E-state index contributed by atoms with van der Waals surface area (Å²) in [4.78, 5) is 13.9. The van der Waals surface area contributed by atoms with Crippen LogP contribution in [0.2, 0.25) is 0 Å². The maximum Gasteiger partial charge on any atom is 0.320 e. The molecule has 1 aromatic rings. The van der Waals surface area contributed by atoms with E-state index in [2.05, 4.69) is 32.8 Å². The summed E-state index contributed by atoms with van der Waals surface area (Å²) in [5, 5.41) is 10.0. The first-order chi connectivity index (χ1) is 10.1. The van der Waals surface area contributed by atoms with Crippen molar-refractivity contribution in [2.45, 2.75) is 25.8 Å². The summed E-state index contributed by atoms with van der Waals surface area (Å²) in [5.74, 6) is 1.15. The molecule has 0 aliphatic heterocycles. The normalized spacial score (nSPS) is 18.0. The third-order valence-electron chi connectivity index (χ3n) is 3.59. The number of carbonyl (C=O) groups excluding carboxylic acids is 1. The highest BCUT2D eigenvalue weighted by molar-refractivity contribution is 5.88. The molecule has 1 aliphatic rings. The number of rotatable bonds is 6. The monoisotopic (exact) mass is 291 g/mol. The van der Waals surface area contributed by atoms with Gasteiger partial charge in [-0.3, -0.25) is 10.00 Å². The van der Waals surface area contributed by atoms with Gasteiger partial charge in [-0.25, -0.2) is 4.79 Å². The first-order valence-electron chi connectivity index (χ1n) is 7.51. The molecular weight excluding hydrogens is 266 g/mol. The predicted molar refractivity (Wildman–Crippen MR) is 84.3 cm³/mol. The van der Waals surface area contributed by atoms with Gasteiger partial charge in [0.25, 0.3) is 0 Å². The van der Waals surface area contributed by atoms with Crippen molar-refractivity contribution in [1.29, 1.82) is 0 Å². The molecule has 0 fully saturated rings. The summed E-state index contributed by atoms with van der Waals surface area (Å²) in [6.45, 7) is 2.45. The Bertz CT molecular complexity index is 480. The molecule has 1 atom stereocenters. The lowest BCUT2D eigenvalue weighted by molar-refractivity contribution is 0.249. The lowest BCUT2D eigenvalue weighted by atomic mass is 9.94. The second-order valence-corrected chi connectivity index (χ2v) is 5.75. The molecule has 1 heterocycles. The first-order valence-corrected chi connectivity index (χ1v) is 7.51. The SMILES string of the molecule is CN(C)CCn1ccc(NC(=O)NC[C@@H]2CC=CCC2)n1. The number of carbonyl (C=O) groups is 1. The number of hydrogen-bond acceptors (Lipinski definition) is 3. The average molecular weight is 291 g/mol. The van der Waals surface area contributed by atoms with Gasteiger partial charge >= 0.3 is 6.03 Å². The van der Waals surface area contributed by atoms with E-state index in [1.54, 1.807) is 0 Å². The fraction of sp³-hybridized carbons (Fsp3) is 0.600. The van der Waals surface area contributed by atoms with Crippen LogP contribution in [0, 0.1) is 5.92 Å². The smallest absolute Gasteiger partial charge is 0.320 e. The molecule has 0 bridgehead atoms. The van der Waals surface area contributed by atoms with Crippen LogP contribution in [0.4, 0.5) is 10.6 Å². The van der Waals surface area contributed by atoms with Crippen LogP contribution in [-0.4, -0.2) is 47.9 Å². The van der Waals surface area contributed by atoms with E-state index in [-0.39, 0.29) is 6.03 Å². The van der Waals surface area contributed by atoms with Gasteiger partial charge in [-0.05, 0) is 39.3 Å². The Morgan fingerprint density at radius 3 is 3.05 bits per heavy atom. The molecule has 0 saturated heterocycles. The Kier molecular flexibility index (Phi) is 5.80. The van der Waals surface area contributed by atoms with Crippen molar-refractivity contribution in [2.75, 3.05) is 32.5 Å². The van der Waals surface area contributed by atoms with Crippen molar-refractivity contribution in [2.24, 2.45) is 5.92 Å². The van der Waals surface area contributed by atoms with Crippen LogP contribution in [0.1, 0.15) is 19.3 Å². The summed E-state index contributed by atoms with van der Waals surface area (Å²) in [7, 11) is 4.05. The van der Waals surface area contributed by atoms with E-state index in [0.717, 1.165) is 38.9 Å². The fourth-order valence-electron chi connectivity index (χ4n) is 2.29. The highest BCUT2D eigenvalue weighted by Gasteiger charge is 2.11. The van der Waals surface area contributed by atoms with Gasteiger partial charge in [-0.2, -0.15) is 5.10 Å². The quantitative estimate of drug-likeness (QED) is 0.787. The third kappa shape index (κ3) is 5.59. The van der Waals surface area contributed by atoms with Crippen LogP contribution < -0.4 is 10.6 Å². The van der Waals surface area contributed by atoms with Gasteiger partial charge in [0.15, 0.2) is 5.82 Å². The van der Waals surface area contributed by atoms with Crippen LogP contribution in [0.25, 0.3) is 0 Å². The minimum absolute atomic E-state index is 0.178. The maximum atomic E-state index is 11.8. The summed E-state index contributed by atoms with van der Waals surface area (Å²) in [5.41, 5.74) is 0. The van der Waals surface area contributed by atoms with E-state index < -0.39 is 0 Å². The molecule has 2 N–H and O–H groups in total. The number of urea groups is 1. The number of nitrogens with one attached hydrogen (secondary N) is 2. The standard InChI is InChI=1S/C15H25N5O/c1-19(2)10-11-20-9-8-14(18-20)17-15(21)16-12-13-6-4-3-5-7-13/h3-4,8-9,13H,5-7,10-12H2,1-2H3,(H2,16,17,18,21)/t13-/m1/s1. The molecular formula is C15H25N5O. The maximum absolute atomic E-state index is 11.8. The molecule has 21 heavy (non-hydrogen) atoms. The van der Waals surface area contributed by atoms with Crippen molar-refractivity contribution in [3.8, 4) is 0 Å². The Morgan fingerprint density at radius 1 is 1.48 bits per heavy atom. The molecule has 116 valence electrons. The Hall–Kier alpha value is -1.82. The van der Waals surface area contributed by atoms with Crippen LogP contribution in [0.3, 0.4) is 0 Å². The zero-order valence-corrected chi connectivity index (χ0v) is 12.9. The van der Waals surface area contributed by atoms with Crippen molar-refractivity contribution < 1.29 is 4.79 Å². The zero-order valence-electron chi connectivity index (χ0n) is 12.9. The number of aromatic nitrogens is 2. The summed E-state index contributed by atoms with van der Waals surface area (Å²) in [6.07, 6.45) is 9.60. The van der Waals surface area contributed by atoms with Gasteiger partial charge in [-0.15, -0.1) is 0 Å². The fourth-order valence-corrected chi connectivity index (χ4v) is 2.29. The predicted octanol–water partition coefficient (Wildman–Crippen LogP) is 1.92. The van der Waals surface area contributed by atoms with Crippen LogP contribution in [0.5, 0.6) is 0 Å². The van der Waals surface area contributed by atoms with Gasteiger partial charge in [0.05, 0.1) is 6.54 Å². The minimum atomic E-state index is -0.178. The van der Waals surface area contributed by atoms with Crippen LogP contribution >= 0.6 is 0 Å². The molecule has 2 rings (SSSR count). The van der Waals surface area contributed by atoms with Crippen molar-refractivity contribution in [3.63, 3.8) is 0 Å². The second-order valence-electron chi connectivity index (χ2n) is 5.75. The summed E-state index contributed by atoms with van der Waals surface area (Å²) >= 11 is 0. The minimum Gasteiger partial charge on any atom is -0.338 e. The zero-order chi connectivity index (χ0) is 15.1. The van der Waals surface area contributed by atoms with E-state index in [1.807, 2.05) is 31.0 Å². The average Bonchev–Trinajstić information content (AvgIpc) is 2.91. The Balaban J connectivity index is 1.70. The number of nitrogens with zero attached hydrogens (tertiary/aromatic N) is 3. The Morgan fingerprint density at radius 2 is 2.33 bits per heavy atom. The molecule has 2 amide bonds. The topological polar surface area (TPSA) is 62.2 Å². The van der Waals surface area contributed by atoms with E-state index >= 15 is 0 Å². The van der Waals surface area contributed by atoms with Gasteiger partial charge in [-0.1, -0.05) is 12.2 Å². The van der Waals surface area contributed by atoms with E-state index in [0.29, 0.717) is 11.7 Å². The Labute approximate surface area is 126 Å². The highest BCUT2D eigenvalue weighted by Crippen LogP contribution is 2.16. The number of anilines is 1. The van der Waals surface area contributed by atoms with Gasteiger partial charge in [0.2, 0.25) is 0 Å². The van der Waals surface area contributed by atoms with E-state index in [4.69, 9.17) is 0 Å². The molecule has 6 nitrogen and oxygen atoms in total.